The lowest BCUT2D eigenvalue weighted by atomic mass is 10.2. The number of anilines is 1. The Hall–Kier alpha value is -3.12. The Morgan fingerprint density at radius 2 is 1.92 bits per heavy atom. The minimum atomic E-state index is -0.337. The highest BCUT2D eigenvalue weighted by molar-refractivity contribution is 6.32. The van der Waals surface area contributed by atoms with Crippen molar-refractivity contribution >= 4 is 29.1 Å². The number of nitrogens with one attached hydrogen (secondary N) is 2. The van der Waals surface area contributed by atoms with Gasteiger partial charge in [0.25, 0.3) is 5.91 Å². The van der Waals surface area contributed by atoms with Gasteiger partial charge in [-0.2, -0.15) is 0 Å². The molecule has 0 atom stereocenters. The first kappa shape index (κ1) is 16.7. The zero-order valence-electron chi connectivity index (χ0n) is 13.1. The summed E-state index contributed by atoms with van der Waals surface area (Å²) < 4.78 is 1.77. The van der Waals surface area contributed by atoms with Crippen LogP contribution < -0.4 is 10.6 Å². The van der Waals surface area contributed by atoms with Crippen LogP contribution in [0.1, 0.15) is 10.4 Å². The Kier molecular flexibility index (Phi) is 5.11. The van der Waals surface area contributed by atoms with Crippen LogP contribution in [0, 0.1) is 0 Å². The predicted octanol–water partition coefficient (Wildman–Crippen LogP) is 2.89. The first-order chi connectivity index (χ1) is 12.1. The molecule has 0 aliphatic heterocycles. The molecule has 3 rings (SSSR count). The summed E-state index contributed by atoms with van der Waals surface area (Å²) in [6.45, 7) is -0.130. The van der Waals surface area contributed by atoms with Crippen molar-refractivity contribution in [3.63, 3.8) is 0 Å². The zero-order valence-corrected chi connectivity index (χ0v) is 13.9. The number of hydrogen-bond acceptors (Lipinski definition) is 3. The van der Waals surface area contributed by atoms with E-state index < -0.39 is 0 Å². The van der Waals surface area contributed by atoms with Crippen LogP contribution >= 0.6 is 11.6 Å². The van der Waals surface area contributed by atoms with E-state index in [1.54, 1.807) is 65.8 Å². The molecule has 0 aliphatic carbocycles. The average Bonchev–Trinajstić information content (AvgIpc) is 3.15. The summed E-state index contributed by atoms with van der Waals surface area (Å²) in [5.41, 5.74) is 1.81. The standard InChI is InChI=1S/C18H15ClN4O2/c19-15-10-14(6-7-16(15)23-9-8-20-12-23)22-17(24)11-21-18(25)13-4-2-1-3-5-13/h1-10,12H,11H2,(H,21,25)(H,22,24). The van der Waals surface area contributed by atoms with E-state index in [1.165, 1.54) is 0 Å². The fourth-order valence-electron chi connectivity index (χ4n) is 2.25. The second kappa shape index (κ2) is 7.63. The topological polar surface area (TPSA) is 76.0 Å². The maximum absolute atomic E-state index is 12.0. The van der Waals surface area contributed by atoms with Gasteiger partial charge in [-0.05, 0) is 30.3 Å². The summed E-state index contributed by atoms with van der Waals surface area (Å²) in [4.78, 5) is 27.9. The number of imidazole rings is 1. The van der Waals surface area contributed by atoms with Crippen LogP contribution in [0.5, 0.6) is 0 Å². The Bertz CT molecular complexity index is 879. The van der Waals surface area contributed by atoms with Gasteiger partial charge in [-0.3, -0.25) is 9.59 Å². The number of carbonyl (C=O) groups excluding carboxylic acids is 2. The lowest BCUT2D eigenvalue weighted by molar-refractivity contribution is -0.115. The van der Waals surface area contributed by atoms with E-state index >= 15 is 0 Å². The Morgan fingerprint density at radius 1 is 1.12 bits per heavy atom. The van der Waals surface area contributed by atoms with Crippen LogP contribution in [0.15, 0.2) is 67.3 Å². The number of hydrogen-bond donors (Lipinski definition) is 2. The number of carbonyl (C=O) groups is 2. The minimum absolute atomic E-state index is 0.130. The molecule has 0 unspecified atom stereocenters. The number of aromatic nitrogens is 2. The maximum atomic E-state index is 12.0. The highest BCUT2D eigenvalue weighted by atomic mass is 35.5. The summed E-state index contributed by atoms with van der Waals surface area (Å²) in [5, 5.41) is 5.75. The van der Waals surface area contributed by atoms with E-state index in [0.29, 0.717) is 16.3 Å². The third kappa shape index (κ3) is 4.24. The lowest BCUT2D eigenvalue weighted by Crippen LogP contribution is -2.32. The molecule has 0 saturated heterocycles. The number of halogens is 1. The largest absolute Gasteiger partial charge is 0.343 e. The molecule has 0 radical (unpaired) electrons. The van der Waals surface area contributed by atoms with E-state index in [2.05, 4.69) is 15.6 Å². The molecule has 7 heteroatoms. The molecule has 1 aromatic heterocycles. The Balaban J connectivity index is 1.58. The third-order valence-corrected chi connectivity index (χ3v) is 3.76. The van der Waals surface area contributed by atoms with Crippen LogP contribution in [0.2, 0.25) is 5.02 Å². The predicted molar refractivity (Wildman–Crippen MR) is 96.0 cm³/mol. The zero-order chi connectivity index (χ0) is 17.6. The quantitative estimate of drug-likeness (QED) is 0.739. The molecule has 25 heavy (non-hydrogen) atoms. The van der Waals surface area contributed by atoms with Crippen molar-refractivity contribution in [3.8, 4) is 5.69 Å². The summed E-state index contributed by atoms with van der Waals surface area (Å²) >= 11 is 6.24. The molecule has 0 bridgehead atoms. The van der Waals surface area contributed by atoms with E-state index in [-0.39, 0.29) is 18.4 Å². The molecule has 2 amide bonds. The monoisotopic (exact) mass is 354 g/mol. The van der Waals surface area contributed by atoms with E-state index in [1.807, 2.05) is 6.07 Å². The van der Waals surface area contributed by atoms with Crippen molar-refractivity contribution in [2.75, 3.05) is 11.9 Å². The van der Waals surface area contributed by atoms with Gasteiger partial charge >= 0.3 is 0 Å². The average molecular weight is 355 g/mol. The third-order valence-electron chi connectivity index (χ3n) is 3.46. The van der Waals surface area contributed by atoms with Crippen molar-refractivity contribution in [2.24, 2.45) is 0 Å². The summed E-state index contributed by atoms with van der Waals surface area (Å²) in [7, 11) is 0. The van der Waals surface area contributed by atoms with Gasteiger partial charge in [-0.15, -0.1) is 0 Å². The van der Waals surface area contributed by atoms with Gasteiger partial charge in [0.2, 0.25) is 5.91 Å². The van der Waals surface area contributed by atoms with Crippen LogP contribution in [-0.2, 0) is 4.79 Å². The molecule has 2 N–H and O–H groups in total. The second-order valence-corrected chi connectivity index (χ2v) is 5.64. The van der Waals surface area contributed by atoms with E-state index in [0.717, 1.165) is 5.69 Å². The molecule has 0 fully saturated rings. The molecular formula is C18H15ClN4O2. The minimum Gasteiger partial charge on any atom is -0.343 e. The lowest BCUT2D eigenvalue weighted by Gasteiger charge is -2.10. The Morgan fingerprint density at radius 3 is 2.60 bits per heavy atom. The van der Waals surface area contributed by atoms with Gasteiger partial charge in [0.05, 0.1) is 23.6 Å². The molecule has 126 valence electrons. The first-order valence-corrected chi connectivity index (χ1v) is 7.92. The van der Waals surface area contributed by atoms with Crippen molar-refractivity contribution in [1.82, 2.24) is 14.9 Å². The summed E-state index contributed by atoms with van der Waals surface area (Å²) in [5.74, 6) is -0.639. The van der Waals surface area contributed by atoms with Crippen molar-refractivity contribution in [2.45, 2.75) is 0 Å². The summed E-state index contributed by atoms with van der Waals surface area (Å²) in [6.07, 6.45) is 5.07. The molecule has 0 aliphatic rings. The van der Waals surface area contributed by atoms with Crippen molar-refractivity contribution < 1.29 is 9.59 Å². The summed E-state index contributed by atoms with van der Waals surface area (Å²) in [6, 6.07) is 13.9. The highest BCUT2D eigenvalue weighted by Crippen LogP contribution is 2.24. The second-order valence-electron chi connectivity index (χ2n) is 5.23. The van der Waals surface area contributed by atoms with Gasteiger partial charge < -0.3 is 15.2 Å². The molecule has 3 aromatic rings. The molecular weight excluding hydrogens is 340 g/mol. The Labute approximate surface area is 149 Å². The number of benzene rings is 2. The molecule has 0 spiro atoms. The molecule has 6 nitrogen and oxygen atoms in total. The fraction of sp³-hybridized carbons (Fsp3) is 0.0556. The number of amides is 2. The van der Waals surface area contributed by atoms with Crippen LogP contribution in [0.3, 0.4) is 0 Å². The van der Waals surface area contributed by atoms with Gasteiger partial charge in [0, 0.05) is 23.6 Å². The van der Waals surface area contributed by atoms with Gasteiger partial charge in [-0.1, -0.05) is 29.8 Å². The molecule has 0 saturated carbocycles. The van der Waals surface area contributed by atoms with E-state index in [4.69, 9.17) is 11.6 Å². The van der Waals surface area contributed by atoms with Gasteiger partial charge in [-0.25, -0.2) is 4.98 Å². The van der Waals surface area contributed by atoms with Crippen molar-refractivity contribution in [3.05, 3.63) is 77.8 Å². The maximum Gasteiger partial charge on any atom is 0.251 e. The van der Waals surface area contributed by atoms with Gasteiger partial charge in [0.1, 0.15) is 0 Å². The highest BCUT2D eigenvalue weighted by Gasteiger charge is 2.09. The smallest absolute Gasteiger partial charge is 0.251 e. The van der Waals surface area contributed by atoms with Crippen LogP contribution in [0.25, 0.3) is 5.69 Å². The fourth-order valence-corrected chi connectivity index (χ4v) is 2.53. The van der Waals surface area contributed by atoms with E-state index in [9.17, 15) is 9.59 Å². The first-order valence-electron chi connectivity index (χ1n) is 7.54. The van der Waals surface area contributed by atoms with Gasteiger partial charge in [0.15, 0.2) is 0 Å². The van der Waals surface area contributed by atoms with Crippen LogP contribution in [0.4, 0.5) is 5.69 Å². The number of rotatable bonds is 5. The molecule has 1 heterocycles. The SMILES string of the molecule is O=C(CNC(=O)c1ccccc1)Nc1ccc(-n2ccnc2)c(Cl)c1. The van der Waals surface area contributed by atoms with Crippen molar-refractivity contribution in [1.29, 1.82) is 0 Å². The van der Waals surface area contributed by atoms with Crippen LogP contribution in [-0.4, -0.2) is 27.9 Å². The molecule has 2 aromatic carbocycles. The normalized spacial score (nSPS) is 10.3. The number of nitrogens with zero attached hydrogens (tertiary/aromatic N) is 2.